The zero-order chi connectivity index (χ0) is 14.4. The highest BCUT2D eigenvalue weighted by Gasteiger charge is 2.00. The van der Waals surface area contributed by atoms with E-state index < -0.39 is 0 Å². The Kier molecular flexibility index (Phi) is 5.01. The highest BCUT2D eigenvalue weighted by Crippen LogP contribution is 2.08. The number of nitrogens with zero attached hydrogens (tertiary/aromatic N) is 2. The predicted octanol–water partition coefficient (Wildman–Crippen LogP) is 1.93. The molecule has 2 heterocycles. The second-order valence-corrected chi connectivity index (χ2v) is 4.65. The second kappa shape index (κ2) is 6.96. The molecule has 0 unspecified atom stereocenters. The molecule has 5 heteroatoms. The van der Waals surface area contributed by atoms with Crippen molar-refractivity contribution in [1.82, 2.24) is 9.13 Å². The molecule has 0 amide bonds. The van der Waals surface area contributed by atoms with Gasteiger partial charge in [0.1, 0.15) is 0 Å². The number of nitrogens with one attached hydrogen (secondary N) is 1. The maximum atomic E-state index is 11.7. The van der Waals surface area contributed by atoms with Crippen molar-refractivity contribution in [3.63, 3.8) is 0 Å². The Morgan fingerprint density at radius 3 is 2.80 bits per heavy atom. The van der Waals surface area contributed by atoms with Gasteiger partial charge in [-0.15, -0.1) is 0 Å². The largest absolute Gasteiger partial charge is 0.383 e. The molecule has 0 saturated heterocycles. The van der Waals surface area contributed by atoms with Gasteiger partial charge in [0.25, 0.3) is 5.56 Å². The van der Waals surface area contributed by atoms with E-state index in [0.29, 0.717) is 13.2 Å². The Morgan fingerprint density at radius 2 is 2.10 bits per heavy atom. The van der Waals surface area contributed by atoms with Gasteiger partial charge in [-0.25, -0.2) is 0 Å². The number of aryl methyl sites for hydroxylation is 1. The van der Waals surface area contributed by atoms with E-state index in [4.69, 9.17) is 4.74 Å². The van der Waals surface area contributed by atoms with Crippen LogP contribution in [0.3, 0.4) is 0 Å². The number of ether oxygens (including phenoxy) is 1. The number of hydrogen-bond acceptors (Lipinski definition) is 3. The van der Waals surface area contributed by atoms with Crippen molar-refractivity contribution in [2.75, 3.05) is 19.0 Å². The van der Waals surface area contributed by atoms with Crippen LogP contribution in [-0.4, -0.2) is 22.9 Å². The van der Waals surface area contributed by atoms with Crippen molar-refractivity contribution in [2.24, 2.45) is 0 Å². The number of pyridine rings is 1. The third-order valence-corrected chi connectivity index (χ3v) is 3.19. The lowest BCUT2D eigenvalue weighted by atomic mass is 10.3. The van der Waals surface area contributed by atoms with Gasteiger partial charge in [-0.3, -0.25) is 4.79 Å². The Labute approximate surface area is 118 Å². The summed E-state index contributed by atoms with van der Waals surface area (Å²) >= 11 is 0. The van der Waals surface area contributed by atoms with Gasteiger partial charge in [0.15, 0.2) is 0 Å². The summed E-state index contributed by atoms with van der Waals surface area (Å²) < 4.78 is 8.79. The average molecular weight is 275 g/mol. The van der Waals surface area contributed by atoms with Crippen molar-refractivity contribution in [2.45, 2.75) is 26.6 Å². The van der Waals surface area contributed by atoms with E-state index in [1.807, 2.05) is 12.3 Å². The van der Waals surface area contributed by atoms with Gasteiger partial charge < -0.3 is 19.2 Å². The summed E-state index contributed by atoms with van der Waals surface area (Å²) in [6.07, 6.45) is 6.02. The molecule has 1 N–H and O–H groups in total. The van der Waals surface area contributed by atoms with Crippen LogP contribution in [0.4, 0.5) is 5.69 Å². The first-order chi connectivity index (χ1) is 9.72. The molecule has 0 saturated carbocycles. The molecular formula is C15H21N3O2. The smallest absolute Gasteiger partial charge is 0.250 e. The van der Waals surface area contributed by atoms with Crippen molar-refractivity contribution in [3.8, 4) is 0 Å². The van der Waals surface area contributed by atoms with Gasteiger partial charge in [0, 0.05) is 51.4 Å². The molecule has 0 spiro atoms. The Morgan fingerprint density at radius 1 is 1.25 bits per heavy atom. The SMILES string of the molecule is CCn1ccc(CNc2ccc(=O)n(CCOC)c2)c1. The van der Waals surface area contributed by atoms with Crippen LogP contribution in [0, 0.1) is 0 Å². The van der Waals surface area contributed by atoms with Crippen molar-refractivity contribution in [3.05, 3.63) is 52.7 Å². The average Bonchev–Trinajstić information content (AvgIpc) is 2.93. The van der Waals surface area contributed by atoms with Gasteiger partial charge >= 0.3 is 0 Å². The molecule has 2 rings (SSSR count). The summed E-state index contributed by atoms with van der Waals surface area (Å²) in [6, 6.07) is 5.48. The second-order valence-electron chi connectivity index (χ2n) is 4.65. The molecule has 0 aliphatic rings. The molecule has 20 heavy (non-hydrogen) atoms. The summed E-state index contributed by atoms with van der Waals surface area (Å²) in [6.45, 7) is 4.93. The molecule has 5 nitrogen and oxygen atoms in total. The molecule has 0 bridgehead atoms. The Bertz CT molecular complexity index is 601. The quantitative estimate of drug-likeness (QED) is 0.840. The van der Waals surface area contributed by atoms with Crippen LogP contribution >= 0.6 is 0 Å². The maximum Gasteiger partial charge on any atom is 0.250 e. The molecule has 0 aliphatic carbocycles. The Hall–Kier alpha value is -2.01. The highest BCUT2D eigenvalue weighted by molar-refractivity contribution is 5.41. The first-order valence-corrected chi connectivity index (χ1v) is 6.81. The summed E-state index contributed by atoms with van der Waals surface area (Å²) in [5, 5.41) is 3.33. The predicted molar refractivity (Wildman–Crippen MR) is 80.0 cm³/mol. The fraction of sp³-hybridized carbons (Fsp3) is 0.400. The third kappa shape index (κ3) is 3.74. The monoisotopic (exact) mass is 275 g/mol. The van der Waals surface area contributed by atoms with Crippen molar-refractivity contribution < 1.29 is 4.74 Å². The molecule has 0 aromatic carbocycles. The minimum absolute atomic E-state index is 0.00950. The first-order valence-electron chi connectivity index (χ1n) is 6.81. The van der Waals surface area contributed by atoms with Gasteiger partial charge in [-0.1, -0.05) is 0 Å². The van der Waals surface area contributed by atoms with E-state index >= 15 is 0 Å². The van der Waals surface area contributed by atoms with Crippen LogP contribution in [0.1, 0.15) is 12.5 Å². The summed E-state index contributed by atoms with van der Waals surface area (Å²) in [4.78, 5) is 11.7. The standard InChI is InChI=1S/C15H21N3O2/c1-3-17-7-6-13(11-17)10-16-14-4-5-15(19)18(12-14)8-9-20-2/h4-7,11-12,16H,3,8-10H2,1-2H3. The van der Waals surface area contributed by atoms with E-state index in [1.165, 1.54) is 5.56 Å². The molecular weight excluding hydrogens is 254 g/mol. The third-order valence-electron chi connectivity index (χ3n) is 3.19. The van der Waals surface area contributed by atoms with Crippen LogP contribution in [0.5, 0.6) is 0 Å². The van der Waals surface area contributed by atoms with Crippen LogP contribution in [0.25, 0.3) is 0 Å². The van der Waals surface area contributed by atoms with E-state index in [0.717, 1.165) is 18.8 Å². The molecule has 0 atom stereocenters. The van der Waals surface area contributed by atoms with Gasteiger partial charge in [0.05, 0.1) is 12.3 Å². The number of rotatable bonds is 7. The van der Waals surface area contributed by atoms with E-state index in [-0.39, 0.29) is 5.56 Å². The fourth-order valence-electron chi connectivity index (χ4n) is 2.00. The molecule has 0 aliphatic heterocycles. The van der Waals surface area contributed by atoms with Crippen molar-refractivity contribution in [1.29, 1.82) is 0 Å². The molecule has 0 fully saturated rings. The van der Waals surface area contributed by atoms with Gasteiger partial charge in [0.2, 0.25) is 0 Å². The van der Waals surface area contributed by atoms with E-state index in [9.17, 15) is 4.79 Å². The van der Waals surface area contributed by atoms with Crippen LogP contribution in [0.2, 0.25) is 0 Å². The molecule has 108 valence electrons. The van der Waals surface area contributed by atoms with E-state index in [1.54, 1.807) is 17.7 Å². The first kappa shape index (κ1) is 14.4. The van der Waals surface area contributed by atoms with E-state index in [2.05, 4.69) is 35.3 Å². The van der Waals surface area contributed by atoms with Crippen LogP contribution < -0.4 is 10.9 Å². The van der Waals surface area contributed by atoms with Gasteiger partial charge in [-0.2, -0.15) is 0 Å². The van der Waals surface area contributed by atoms with Crippen LogP contribution in [0.15, 0.2) is 41.6 Å². The normalized spacial score (nSPS) is 10.7. The number of aromatic nitrogens is 2. The summed E-state index contributed by atoms with van der Waals surface area (Å²) in [7, 11) is 1.63. The minimum atomic E-state index is -0.00950. The molecule has 0 radical (unpaired) electrons. The molecule has 2 aromatic heterocycles. The Balaban J connectivity index is 2.00. The number of methoxy groups -OCH3 is 1. The fourth-order valence-corrected chi connectivity index (χ4v) is 2.00. The maximum absolute atomic E-state index is 11.7. The zero-order valence-electron chi connectivity index (χ0n) is 12.0. The summed E-state index contributed by atoms with van der Waals surface area (Å²) in [5.41, 5.74) is 2.15. The minimum Gasteiger partial charge on any atom is -0.383 e. The van der Waals surface area contributed by atoms with Crippen LogP contribution in [-0.2, 0) is 24.4 Å². The lowest BCUT2D eigenvalue weighted by Gasteiger charge is -2.09. The van der Waals surface area contributed by atoms with Crippen molar-refractivity contribution >= 4 is 5.69 Å². The van der Waals surface area contributed by atoms with Gasteiger partial charge in [-0.05, 0) is 24.6 Å². The number of hydrogen-bond donors (Lipinski definition) is 1. The molecule has 2 aromatic rings. The lowest BCUT2D eigenvalue weighted by molar-refractivity contribution is 0.186. The highest BCUT2D eigenvalue weighted by atomic mass is 16.5. The lowest BCUT2D eigenvalue weighted by Crippen LogP contribution is -2.21. The zero-order valence-corrected chi connectivity index (χ0v) is 12.0. The summed E-state index contributed by atoms with van der Waals surface area (Å²) in [5.74, 6) is 0. The topological polar surface area (TPSA) is 48.2 Å². The number of anilines is 1.